The fraction of sp³-hybridized carbons (Fsp3) is 0.333. The number of aromatic amines is 1. The minimum atomic E-state index is -0.189. The van der Waals surface area contributed by atoms with E-state index >= 15 is 0 Å². The Balaban J connectivity index is 1.61. The highest BCUT2D eigenvalue weighted by molar-refractivity contribution is 6.04. The number of hydrogen-bond donors (Lipinski definition) is 3. The van der Waals surface area contributed by atoms with Crippen LogP contribution in [0.1, 0.15) is 47.3 Å². The first kappa shape index (κ1) is 15.3. The van der Waals surface area contributed by atoms with Crippen molar-refractivity contribution in [1.29, 1.82) is 0 Å². The number of benzene rings is 1. The Morgan fingerprint density at radius 1 is 1.17 bits per heavy atom. The van der Waals surface area contributed by atoms with Crippen molar-refractivity contribution in [3.63, 3.8) is 0 Å². The molecular weight excluding hydrogens is 290 g/mol. The average Bonchev–Trinajstić information content (AvgIpc) is 2.83. The predicted octanol–water partition coefficient (Wildman–Crippen LogP) is 2.96. The fourth-order valence-electron chi connectivity index (χ4n) is 3.10. The molecule has 1 aliphatic carbocycles. The van der Waals surface area contributed by atoms with E-state index in [0.29, 0.717) is 17.2 Å². The Morgan fingerprint density at radius 2 is 1.87 bits per heavy atom. The van der Waals surface area contributed by atoms with E-state index in [2.05, 4.69) is 27.8 Å². The molecule has 0 bridgehead atoms. The standard InChI is InChI=1S/C18H21N3O2/c1-11-17(16(10-19-11)20-12(2)22)18(23)21-15-8-14(9-15)13-6-4-3-5-7-13/h3-7,10,14-15,19H,8-9H2,1-2H3,(H,20,22)(H,21,23). The zero-order chi connectivity index (χ0) is 16.4. The van der Waals surface area contributed by atoms with Gasteiger partial charge in [0.25, 0.3) is 5.91 Å². The molecule has 1 aromatic heterocycles. The van der Waals surface area contributed by atoms with E-state index in [1.165, 1.54) is 12.5 Å². The number of aromatic nitrogens is 1. The fourth-order valence-corrected chi connectivity index (χ4v) is 3.10. The third kappa shape index (κ3) is 3.28. The van der Waals surface area contributed by atoms with Crippen molar-refractivity contribution in [3.8, 4) is 0 Å². The highest BCUT2D eigenvalue weighted by Gasteiger charge is 2.32. The molecule has 1 aromatic carbocycles. The molecule has 3 N–H and O–H groups in total. The molecular formula is C18H21N3O2. The van der Waals surface area contributed by atoms with Gasteiger partial charge in [-0.15, -0.1) is 0 Å². The lowest BCUT2D eigenvalue weighted by atomic mass is 9.76. The summed E-state index contributed by atoms with van der Waals surface area (Å²) < 4.78 is 0. The lowest BCUT2D eigenvalue weighted by molar-refractivity contribution is -0.114. The lowest BCUT2D eigenvalue weighted by Gasteiger charge is -2.36. The van der Waals surface area contributed by atoms with Crippen molar-refractivity contribution in [3.05, 3.63) is 53.3 Å². The third-order valence-corrected chi connectivity index (χ3v) is 4.36. The van der Waals surface area contributed by atoms with Crippen LogP contribution in [0.5, 0.6) is 0 Å². The largest absolute Gasteiger partial charge is 0.363 e. The maximum absolute atomic E-state index is 12.5. The molecule has 2 amide bonds. The Morgan fingerprint density at radius 3 is 2.52 bits per heavy atom. The summed E-state index contributed by atoms with van der Waals surface area (Å²) in [5.41, 5.74) is 3.13. The summed E-state index contributed by atoms with van der Waals surface area (Å²) in [6.45, 7) is 3.26. The van der Waals surface area contributed by atoms with E-state index in [4.69, 9.17) is 0 Å². The number of anilines is 1. The van der Waals surface area contributed by atoms with Gasteiger partial charge in [0.1, 0.15) is 0 Å². The third-order valence-electron chi connectivity index (χ3n) is 4.36. The van der Waals surface area contributed by atoms with E-state index in [-0.39, 0.29) is 17.9 Å². The SMILES string of the molecule is CC(=O)Nc1c[nH]c(C)c1C(=O)NC1CC(c2ccccc2)C1. The number of amides is 2. The molecule has 120 valence electrons. The van der Waals surface area contributed by atoms with Crippen LogP contribution in [0.4, 0.5) is 5.69 Å². The maximum atomic E-state index is 12.5. The smallest absolute Gasteiger partial charge is 0.255 e. The first-order chi connectivity index (χ1) is 11.0. The minimum absolute atomic E-state index is 0.135. The van der Waals surface area contributed by atoms with Crippen LogP contribution >= 0.6 is 0 Å². The van der Waals surface area contributed by atoms with E-state index in [0.717, 1.165) is 18.5 Å². The highest BCUT2D eigenvalue weighted by atomic mass is 16.2. The average molecular weight is 311 g/mol. The molecule has 0 saturated heterocycles. The Kier molecular flexibility index (Phi) is 4.19. The Bertz CT molecular complexity index is 715. The number of carbonyl (C=O) groups is 2. The normalized spacial score (nSPS) is 19.7. The lowest BCUT2D eigenvalue weighted by Crippen LogP contribution is -2.43. The van der Waals surface area contributed by atoms with Crippen LogP contribution in [-0.2, 0) is 4.79 Å². The molecule has 5 nitrogen and oxygen atoms in total. The second-order valence-corrected chi connectivity index (χ2v) is 6.13. The van der Waals surface area contributed by atoms with Gasteiger partial charge in [0.15, 0.2) is 0 Å². The van der Waals surface area contributed by atoms with Crippen LogP contribution in [0.25, 0.3) is 0 Å². The molecule has 3 rings (SSSR count). The molecule has 1 saturated carbocycles. The maximum Gasteiger partial charge on any atom is 0.255 e. The highest BCUT2D eigenvalue weighted by Crippen LogP contribution is 2.37. The molecule has 0 aliphatic heterocycles. The van der Waals surface area contributed by atoms with Crippen LogP contribution in [0, 0.1) is 6.92 Å². The van der Waals surface area contributed by atoms with Crippen LogP contribution in [0.3, 0.4) is 0 Å². The Hall–Kier alpha value is -2.56. The summed E-state index contributed by atoms with van der Waals surface area (Å²) in [5.74, 6) is 0.193. The molecule has 0 radical (unpaired) electrons. The van der Waals surface area contributed by atoms with Crippen molar-refractivity contribution in [1.82, 2.24) is 10.3 Å². The van der Waals surface area contributed by atoms with E-state index < -0.39 is 0 Å². The van der Waals surface area contributed by atoms with E-state index in [9.17, 15) is 9.59 Å². The molecule has 0 spiro atoms. The summed E-state index contributed by atoms with van der Waals surface area (Å²) in [6.07, 6.45) is 3.56. The van der Waals surface area contributed by atoms with E-state index in [1.54, 1.807) is 6.20 Å². The van der Waals surface area contributed by atoms with Gasteiger partial charge in [-0.1, -0.05) is 30.3 Å². The van der Waals surface area contributed by atoms with Crippen molar-refractivity contribution in [2.45, 2.75) is 38.6 Å². The van der Waals surface area contributed by atoms with Gasteiger partial charge in [0.2, 0.25) is 5.91 Å². The van der Waals surface area contributed by atoms with Gasteiger partial charge in [0.05, 0.1) is 11.3 Å². The second kappa shape index (κ2) is 6.28. The summed E-state index contributed by atoms with van der Waals surface area (Å²) in [4.78, 5) is 26.7. The first-order valence-corrected chi connectivity index (χ1v) is 7.86. The topological polar surface area (TPSA) is 74.0 Å². The summed E-state index contributed by atoms with van der Waals surface area (Å²) >= 11 is 0. The second-order valence-electron chi connectivity index (χ2n) is 6.13. The number of aryl methyl sites for hydroxylation is 1. The summed E-state index contributed by atoms with van der Waals surface area (Å²) in [7, 11) is 0. The van der Waals surface area contributed by atoms with Gasteiger partial charge in [-0.2, -0.15) is 0 Å². The molecule has 0 unspecified atom stereocenters. The van der Waals surface area contributed by atoms with Crippen molar-refractivity contribution < 1.29 is 9.59 Å². The van der Waals surface area contributed by atoms with Gasteiger partial charge in [-0.25, -0.2) is 0 Å². The zero-order valence-electron chi connectivity index (χ0n) is 13.3. The molecule has 2 aromatic rings. The molecule has 1 heterocycles. The molecule has 5 heteroatoms. The summed E-state index contributed by atoms with van der Waals surface area (Å²) in [6, 6.07) is 10.6. The van der Waals surface area contributed by atoms with Crippen LogP contribution in [0.15, 0.2) is 36.5 Å². The van der Waals surface area contributed by atoms with Crippen LogP contribution in [0.2, 0.25) is 0 Å². The van der Waals surface area contributed by atoms with Crippen molar-refractivity contribution >= 4 is 17.5 Å². The van der Waals surface area contributed by atoms with Crippen molar-refractivity contribution in [2.24, 2.45) is 0 Å². The van der Waals surface area contributed by atoms with E-state index in [1.807, 2.05) is 25.1 Å². The molecule has 23 heavy (non-hydrogen) atoms. The molecule has 0 atom stereocenters. The quantitative estimate of drug-likeness (QED) is 0.812. The van der Waals surface area contributed by atoms with Gasteiger partial charge < -0.3 is 15.6 Å². The van der Waals surface area contributed by atoms with Gasteiger partial charge in [-0.3, -0.25) is 9.59 Å². The first-order valence-electron chi connectivity index (χ1n) is 7.86. The number of hydrogen-bond acceptors (Lipinski definition) is 2. The van der Waals surface area contributed by atoms with Crippen molar-refractivity contribution in [2.75, 3.05) is 5.32 Å². The Labute approximate surface area is 135 Å². The van der Waals surface area contributed by atoms with Gasteiger partial charge in [-0.05, 0) is 31.2 Å². The van der Waals surface area contributed by atoms with Crippen LogP contribution in [-0.4, -0.2) is 22.8 Å². The predicted molar refractivity (Wildman–Crippen MR) is 89.5 cm³/mol. The number of rotatable bonds is 4. The van der Waals surface area contributed by atoms with Gasteiger partial charge in [0, 0.05) is 24.9 Å². The molecule has 1 aliphatic rings. The zero-order valence-corrected chi connectivity index (χ0v) is 13.3. The van der Waals surface area contributed by atoms with Gasteiger partial charge >= 0.3 is 0 Å². The van der Waals surface area contributed by atoms with Crippen LogP contribution < -0.4 is 10.6 Å². The molecule has 1 fully saturated rings. The number of H-pyrrole nitrogens is 1. The summed E-state index contributed by atoms with van der Waals surface area (Å²) in [5, 5.41) is 5.75. The monoisotopic (exact) mass is 311 g/mol. The number of nitrogens with one attached hydrogen (secondary N) is 3. The number of carbonyl (C=O) groups excluding carboxylic acids is 2. The minimum Gasteiger partial charge on any atom is -0.363 e.